The van der Waals surface area contributed by atoms with E-state index < -0.39 is 6.09 Å². The number of amides is 1. The number of benzene rings is 1. The van der Waals surface area contributed by atoms with Crippen molar-refractivity contribution in [2.75, 3.05) is 45.2 Å². The summed E-state index contributed by atoms with van der Waals surface area (Å²) in [5, 5.41) is 17.7. The number of rotatable bonds is 4. The van der Waals surface area contributed by atoms with Crippen LogP contribution in [0, 0.1) is 0 Å². The Morgan fingerprint density at radius 3 is 2.80 bits per heavy atom. The van der Waals surface area contributed by atoms with Crippen molar-refractivity contribution in [2.45, 2.75) is 13.0 Å². The predicted octanol–water partition coefficient (Wildman–Crippen LogP) is 3.57. The summed E-state index contributed by atoms with van der Waals surface area (Å²) in [4.78, 5) is 18.4. The molecule has 0 saturated carbocycles. The number of likely N-dealkylation sites (N-methyl/N-ethyl adjacent to an activating group) is 1. The highest BCUT2D eigenvalue weighted by Gasteiger charge is 2.27. The van der Waals surface area contributed by atoms with Gasteiger partial charge in [-0.25, -0.2) is 4.79 Å². The Bertz CT molecular complexity index is 1100. The third kappa shape index (κ3) is 3.40. The van der Waals surface area contributed by atoms with Crippen molar-refractivity contribution in [3.05, 3.63) is 47.0 Å². The number of anilines is 1. The molecule has 1 amide bonds. The first-order valence-electron chi connectivity index (χ1n) is 10.2. The fraction of sp³-hybridized carbons (Fsp3) is 0.364. The fourth-order valence-corrected chi connectivity index (χ4v) is 5.26. The van der Waals surface area contributed by atoms with Crippen LogP contribution in [-0.4, -0.2) is 71.5 Å². The van der Waals surface area contributed by atoms with Crippen LogP contribution >= 0.6 is 11.3 Å². The van der Waals surface area contributed by atoms with Crippen LogP contribution in [0.3, 0.4) is 0 Å². The van der Waals surface area contributed by atoms with Gasteiger partial charge in [0.25, 0.3) is 0 Å². The maximum atomic E-state index is 11.2. The lowest BCUT2D eigenvalue weighted by molar-refractivity contribution is 0.148. The second-order valence-electron chi connectivity index (χ2n) is 8.15. The van der Waals surface area contributed by atoms with Gasteiger partial charge in [-0.1, -0.05) is 18.2 Å². The van der Waals surface area contributed by atoms with Crippen LogP contribution in [0.1, 0.15) is 16.7 Å². The second kappa shape index (κ2) is 7.54. The second-order valence-corrected chi connectivity index (χ2v) is 9.22. The van der Waals surface area contributed by atoms with Crippen LogP contribution in [0.2, 0.25) is 0 Å². The van der Waals surface area contributed by atoms with E-state index in [2.05, 4.69) is 45.2 Å². The van der Waals surface area contributed by atoms with Gasteiger partial charge >= 0.3 is 6.09 Å². The van der Waals surface area contributed by atoms with Gasteiger partial charge < -0.3 is 10.0 Å². The van der Waals surface area contributed by atoms with E-state index in [9.17, 15) is 9.90 Å². The normalized spacial score (nSPS) is 16.5. The molecule has 1 aliphatic heterocycles. The van der Waals surface area contributed by atoms with Gasteiger partial charge in [-0.15, -0.1) is 11.3 Å². The molecule has 2 aliphatic rings. The van der Waals surface area contributed by atoms with Crippen LogP contribution in [0.4, 0.5) is 9.80 Å². The molecule has 1 aromatic carbocycles. The first kappa shape index (κ1) is 19.3. The molecule has 1 saturated heterocycles. The zero-order valence-electron chi connectivity index (χ0n) is 17.2. The molecule has 2 aromatic heterocycles. The van der Waals surface area contributed by atoms with Gasteiger partial charge in [0, 0.05) is 57.3 Å². The number of piperazine rings is 1. The van der Waals surface area contributed by atoms with E-state index in [-0.39, 0.29) is 0 Å². The summed E-state index contributed by atoms with van der Waals surface area (Å²) in [6.45, 7) is 5.48. The lowest BCUT2D eigenvalue weighted by Crippen LogP contribution is -2.43. The Labute approximate surface area is 179 Å². The number of nitrogens with one attached hydrogen (secondary N) is 1. The van der Waals surface area contributed by atoms with E-state index in [1.807, 2.05) is 12.1 Å². The zero-order valence-corrected chi connectivity index (χ0v) is 18.0. The van der Waals surface area contributed by atoms with Crippen molar-refractivity contribution >= 4 is 22.4 Å². The number of H-pyrrole nitrogens is 1. The van der Waals surface area contributed by atoms with Gasteiger partial charge in [-0.2, -0.15) is 5.10 Å². The van der Waals surface area contributed by atoms with E-state index >= 15 is 0 Å². The van der Waals surface area contributed by atoms with Crippen LogP contribution < -0.4 is 4.90 Å². The Kier molecular flexibility index (Phi) is 4.85. The first-order valence-corrected chi connectivity index (χ1v) is 11.0. The van der Waals surface area contributed by atoms with E-state index in [0.29, 0.717) is 5.00 Å². The lowest BCUT2D eigenvalue weighted by Gasteiger charge is -2.32. The molecule has 7 nitrogen and oxygen atoms in total. The van der Waals surface area contributed by atoms with Crippen molar-refractivity contribution in [3.63, 3.8) is 0 Å². The Morgan fingerprint density at radius 2 is 2.03 bits per heavy atom. The third-order valence-corrected chi connectivity index (χ3v) is 7.30. The van der Waals surface area contributed by atoms with E-state index in [1.54, 1.807) is 7.05 Å². The minimum absolute atomic E-state index is 0.700. The van der Waals surface area contributed by atoms with Crippen molar-refractivity contribution in [1.29, 1.82) is 0 Å². The summed E-state index contributed by atoms with van der Waals surface area (Å²) in [5.74, 6) is 0. The molecule has 1 fully saturated rings. The van der Waals surface area contributed by atoms with E-state index in [1.165, 1.54) is 38.5 Å². The average molecular weight is 424 g/mol. The van der Waals surface area contributed by atoms with Crippen molar-refractivity contribution < 1.29 is 9.90 Å². The summed E-state index contributed by atoms with van der Waals surface area (Å²) in [6, 6.07) is 10.6. The number of thiophene rings is 1. The quantitative estimate of drug-likeness (QED) is 0.525. The number of hydrogen-bond donors (Lipinski definition) is 2. The van der Waals surface area contributed by atoms with Gasteiger partial charge in [0.15, 0.2) is 0 Å². The van der Waals surface area contributed by atoms with Crippen LogP contribution in [-0.2, 0) is 13.0 Å². The number of hydrogen-bond acceptors (Lipinski definition) is 5. The van der Waals surface area contributed by atoms with Gasteiger partial charge in [0.2, 0.25) is 0 Å². The molecule has 3 heterocycles. The Hall–Kier alpha value is -2.68. The first-order chi connectivity index (χ1) is 14.5. The molecular weight excluding hydrogens is 398 g/mol. The molecule has 1 aliphatic carbocycles. The fourth-order valence-electron chi connectivity index (χ4n) is 4.28. The SMILES string of the molecule is CN1CCN(Cc2ccc3c(c2)Cc2c-3n[nH]c2-c2ccc(N(C)C(=O)O)s2)CC1. The number of carboxylic acid groups (broad SMARTS) is 1. The summed E-state index contributed by atoms with van der Waals surface area (Å²) in [6.07, 6.45) is -0.103. The standard InChI is InChI=1S/C22H25N5O2S/c1-25-7-9-27(10-8-25)13-14-3-4-16-15(11-14)12-17-20(16)23-24-21(17)18-5-6-19(30-18)26(2)22(28)29/h3-6,11H,7-10,12-13H2,1-2H3,(H,23,24)(H,28,29). The highest BCUT2D eigenvalue weighted by atomic mass is 32.1. The molecule has 0 spiro atoms. The van der Waals surface area contributed by atoms with Crippen LogP contribution in [0.5, 0.6) is 0 Å². The molecule has 0 atom stereocenters. The minimum atomic E-state index is -0.960. The summed E-state index contributed by atoms with van der Waals surface area (Å²) in [7, 11) is 3.74. The Morgan fingerprint density at radius 1 is 1.23 bits per heavy atom. The molecule has 0 bridgehead atoms. The van der Waals surface area contributed by atoms with Gasteiger partial charge in [-0.05, 0) is 30.3 Å². The molecule has 156 valence electrons. The molecule has 5 rings (SSSR count). The zero-order chi connectivity index (χ0) is 20.8. The van der Waals surface area contributed by atoms with E-state index in [4.69, 9.17) is 0 Å². The van der Waals surface area contributed by atoms with Gasteiger partial charge in [0.1, 0.15) is 5.00 Å². The van der Waals surface area contributed by atoms with Gasteiger partial charge in [0.05, 0.1) is 16.3 Å². The number of aromatic nitrogens is 2. The molecule has 2 N–H and O–H groups in total. The molecule has 3 aromatic rings. The average Bonchev–Trinajstić information content (AvgIpc) is 3.43. The maximum Gasteiger partial charge on any atom is 0.412 e. The van der Waals surface area contributed by atoms with E-state index in [0.717, 1.165) is 55.4 Å². The highest BCUT2D eigenvalue weighted by molar-refractivity contribution is 7.19. The molecule has 0 unspecified atom stereocenters. The monoisotopic (exact) mass is 423 g/mol. The highest BCUT2D eigenvalue weighted by Crippen LogP contribution is 2.43. The number of fused-ring (bicyclic) bond motifs is 3. The molecule has 0 radical (unpaired) electrons. The number of nitrogens with zero attached hydrogens (tertiary/aromatic N) is 4. The Balaban J connectivity index is 1.36. The van der Waals surface area contributed by atoms with Gasteiger partial charge in [-0.3, -0.25) is 14.9 Å². The largest absolute Gasteiger partial charge is 0.465 e. The maximum absolute atomic E-state index is 11.2. The van der Waals surface area contributed by atoms with Crippen molar-refractivity contribution in [3.8, 4) is 21.8 Å². The lowest BCUT2D eigenvalue weighted by atomic mass is 10.0. The summed E-state index contributed by atoms with van der Waals surface area (Å²) < 4.78 is 0. The topological polar surface area (TPSA) is 75.7 Å². The summed E-state index contributed by atoms with van der Waals surface area (Å²) >= 11 is 1.46. The smallest absolute Gasteiger partial charge is 0.412 e. The van der Waals surface area contributed by atoms with Crippen LogP contribution in [0.15, 0.2) is 30.3 Å². The molecule has 8 heteroatoms. The van der Waals surface area contributed by atoms with Crippen molar-refractivity contribution in [2.24, 2.45) is 0 Å². The van der Waals surface area contributed by atoms with Crippen molar-refractivity contribution in [1.82, 2.24) is 20.0 Å². The molecular formula is C22H25N5O2S. The predicted molar refractivity (Wildman–Crippen MR) is 119 cm³/mol. The number of carbonyl (C=O) groups is 1. The number of aromatic amines is 1. The van der Waals surface area contributed by atoms with Crippen LogP contribution in [0.25, 0.3) is 21.8 Å². The third-order valence-electron chi connectivity index (χ3n) is 6.12. The minimum Gasteiger partial charge on any atom is -0.465 e. The molecule has 30 heavy (non-hydrogen) atoms. The summed E-state index contributed by atoms with van der Waals surface area (Å²) in [5.41, 5.74) is 7.11.